The molecule has 4 aromatic rings. The molecule has 3 aromatic carbocycles. The Kier molecular flexibility index (Phi) is 10.2. The number of piperidine rings is 2. The molecule has 8 rings (SSSR count). The molecule has 0 spiro atoms. The van der Waals surface area contributed by atoms with E-state index in [1.165, 1.54) is 26.5 Å². The number of likely N-dealkylation sites (tertiary alicyclic amines) is 1. The van der Waals surface area contributed by atoms with E-state index in [1.54, 1.807) is 18.2 Å². The van der Waals surface area contributed by atoms with Gasteiger partial charge in [0.2, 0.25) is 11.8 Å². The van der Waals surface area contributed by atoms with Crippen LogP contribution in [0.15, 0.2) is 36.5 Å². The van der Waals surface area contributed by atoms with Gasteiger partial charge in [0, 0.05) is 74.7 Å². The number of amides is 4. The molecule has 4 aliphatic rings. The first-order valence-corrected chi connectivity index (χ1v) is 20.5. The molecule has 1 unspecified atom stereocenters. The lowest BCUT2D eigenvalue weighted by Gasteiger charge is -2.39. The van der Waals surface area contributed by atoms with Gasteiger partial charge in [-0.1, -0.05) is 23.2 Å². The summed E-state index contributed by atoms with van der Waals surface area (Å²) in [5, 5.41) is 16.2. The second kappa shape index (κ2) is 18.5. The molecule has 330 valence electrons. The third-order valence-electron chi connectivity index (χ3n) is 11.2. The van der Waals surface area contributed by atoms with Crippen LogP contribution < -0.4 is 29.7 Å². The van der Waals surface area contributed by atoms with Crippen LogP contribution in [0.1, 0.15) is 69.3 Å². The minimum atomic E-state index is -3.65. The van der Waals surface area contributed by atoms with Crippen LogP contribution in [0.4, 0.5) is 25.8 Å². The topological polar surface area (TPSA) is 170 Å². The van der Waals surface area contributed by atoms with Crippen molar-refractivity contribution in [1.82, 2.24) is 25.0 Å². The van der Waals surface area contributed by atoms with E-state index in [0.717, 1.165) is 0 Å². The largest absolute Gasteiger partial charge is 0.495 e. The lowest BCUT2D eigenvalue weighted by atomic mass is 9.95. The number of hydrogen-bond donors (Lipinski definition) is 2. The fourth-order valence-corrected chi connectivity index (χ4v) is 8.43. The summed E-state index contributed by atoms with van der Waals surface area (Å²) in [5.41, 5.74) is -1.86. The Labute approximate surface area is 383 Å². The number of rotatable bonds is 13. The van der Waals surface area contributed by atoms with Gasteiger partial charge in [-0.25, -0.2) is 8.78 Å². The smallest absolute Gasteiger partial charge is 0.265 e. The van der Waals surface area contributed by atoms with Gasteiger partial charge in [0.1, 0.15) is 17.9 Å². The van der Waals surface area contributed by atoms with Crippen LogP contribution in [0.3, 0.4) is 0 Å². The van der Waals surface area contributed by atoms with Gasteiger partial charge in [0.15, 0.2) is 23.1 Å². The molecule has 3 fully saturated rings. The maximum absolute atomic E-state index is 16.1. The van der Waals surface area contributed by atoms with E-state index >= 15 is 8.78 Å². The molecule has 0 aliphatic carbocycles. The second-order valence-electron chi connectivity index (χ2n) is 15.0. The van der Waals surface area contributed by atoms with E-state index in [0.29, 0.717) is 99.3 Å². The number of anilines is 3. The number of methoxy groups -OCH3 is 2. The number of benzene rings is 3. The van der Waals surface area contributed by atoms with Crippen molar-refractivity contribution in [2.45, 2.75) is 38.1 Å². The summed E-state index contributed by atoms with van der Waals surface area (Å²) in [6.45, 7) is -12.9. The molecule has 0 bridgehead atoms. The number of halogens is 4. The number of pyridine rings is 1. The maximum atomic E-state index is 16.1. The molecule has 5 heterocycles. The molecule has 0 saturated carbocycles. The first-order chi connectivity index (χ1) is 33.4. The van der Waals surface area contributed by atoms with Gasteiger partial charge in [-0.15, -0.1) is 0 Å². The van der Waals surface area contributed by atoms with Gasteiger partial charge in [0.05, 0.1) is 75.6 Å². The summed E-state index contributed by atoms with van der Waals surface area (Å²) < 4.78 is 121. The number of nitrogens with zero attached hydrogens (tertiary/aromatic N) is 6. The number of carbonyl (C=O) groups is 4. The number of piperazine rings is 1. The van der Waals surface area contributed by atoms with Crippen LogP contribution in [-0.2, 0) is 9.59 Å². The van der Waals surface area contributed by atoms with Crippen molar-refractivity contribution >= 4 is 74.8 Å². The van der Waals surface area contributed by atoms with Crippen molar-refractivity contribution in [3.8, 4) is 23.3 Å². The van der Waals surface area contributed by atoms with E-state index in [2.05, 4.69) is 21.3 Å². The monoisotopic (exact) mass is 912 g/mol. The van der Waals surface area contributed by atoms with E-state index in [4.69, 9.17) is 48.4 Å². The predicted molar refractivity (Wildman–Crippen MR) is 230 cm³/mol. The first kappa shape index (κ1) is 34.7. The van der Waals surface area contributed by atoms with Gasteiger partial charge in [-0.2, -0.15) is 5.26 Å². The predicted octanol–water partition coefficient (Wildman–Crippen LogP) is 6.16. The standard InChI is InChI=1S/C44H44Cl2F2N8O7/c1-61-34-20-31(28(45)18-29(34)46)51-41-25(21-49)22-50-30-19-36(35(62-2)17-26(30)41)63-15-3-8-53-9-6-24(7-10-53)23-54-11-13-55(14-12-54)33-16-27-38(40(48)39(33)47)44(60)56(43(27)59)32-4-5-37(57)52-42(32)58/h16-20,22,24,32H,3-15,23H2,1-2H3,(H,50,51)(H,52,57,58)/i11D2,12D2,13D2,14D2. The zero-order chi connectivity index (χ0) is 51.7. The molecular weight excluding hydrogens is 861 g/mol. The molecular formula is C44H44Cl2F2N8O7. The lowest BCUT2D eigenvalue weighted by molar-refractivity contribution is -0.136. The zero-order valence-electron chi connectivity index (χ0n) is 41.7. The van der Waals surface area contributed by atoms with Crippen molar-refractivity contribution < 1.29 is 53.1 Å². The average molecular weight is 914 g/mol. The Morgan fingerprint density at radius 1 is 0.921 bits per heavy atom. The number of hydrogen-bond acceptors (Lipinski definition) is 13. The first-order valence-electron chi connectivity index (χ1n) is 23.8. The molecule has 3 saturated heterocycles. The summed E-state index contributed by atoms with van der Waals surface area (Å²) in [7, 11) is 2.93. The van der Waals surface area contributed by atoms with Crippen LogP contribution in [0.25, 0.3) is 10.9 Å². The SMILES string of the molecule is [2H]C1([2H])N(CC2CCN(CCCOc3cc4ncc(C#N)c(Nc5cc(OC)c(Cl)cc5Cl)c4cc3OC)CC2)C([2H])([2H])C([2H])([2H])N(c2cc3c(c(F)c2F)C(=O)N(C2CCC(=O)NC2=O)C3=O)C1([2H])[2H]. The second-order valence-corrected chi connectivity index (χ2v) is 15.9. The van der Waals surface area contributed by atoms with Gasteiger partial charge in [-0.05, 0) is 62.9 Å². The third kappa shape index (κ3) is 8.77. The summed E-state index contributed by atoms with van der Waals surface area (Å²) >= 11 is 12.7. The van der Waals surface area contributed by atoms with E-state index in [1.807, 2.05) is 5.32 Å². The quantitative estimate of drug-likeness (QED) is 0.116. The van der Waals surface area contributed by atoms with E-state index in [9.17, 15) is 24.4 Å². The van der Waals surface area contributed by atoms with Crippen molar-refractivity contribution in [1.29, 1.82) is 5.26 Å². The van der Waals surface area contributed by atoms with Crippen molar-refractivity contribution in [3.63, 3.8) is 0 Å². The molecule has 2 N–H and O–H groups in total. The number of nitriles is 1. The van der Waals surface area contributed by atoms with Crippen LogP contribution >= 0.6 is 23.2 Å². The number of nitrogens with one attached hydrogen (secondary N) is 2. The molecule has 19 heteroatoms. The minimum Gasteiger partial charge on any atom is -0.495 e. The molecule has 1 aromatic heterocycles. The normalized spacial score (nSPS) is 23.8. The van der Waals surface area contributed by atoms with Crippen molar-refractivity contribution in [2.24, 2.45) is 5.92 Å². The highest BCUT2D eigenvalue weighted by atomic mass is 35.5. The Morgan fingerprint density at radius 3 is 2.37 bits per heavy atom. The Bertz CT molecular complexity index is 2900. The number of fused-ring (bicyclic) bond motifs is 2. The fourth-order valence-electron chi connectivity index (χ4n) is 7.92. The Hall–Kier alpha value is -5.80. The van der Waals surface area contributed by atoms with Crippen molar-refractivity contribution in [3.05, 3.63) is 74.9 Å². The fraction of sp³-hybridized carbons (Fsp3) is 0.409. The number of aromatic nitrogens is 1. The Morgan fingerprint density at radius 2 is 1.67 bits per heavy atom. The van der Waals surface area contributed by atoms with Crippen LogP contribution in [-0.4, -0.2) is 122 Å². The van der Waals surface area contributed by atoms with Crippen LogP contribution in [0.2, 0.25) is 10.0 Å². The number of ether oxygens (including phenoxy) is 3. The van der Waals surface area contributed by atoms with Gasteiger partial charge in [-0.3, -0.25) is 39.3 Å². The summed E-state index contributed by atoms with van der Waals surface area (Å²) in [6, 6.07) is 7.48. The van der Waals surface area contributed by atoms with Gasteiger partial charge in [0.25, 0.3) is 11.8 Å². The number of carbonyl (C=O) groups excluding carboxylic acids is 4. The average Bonchev–Trinajstić information content (AvgIpc) is 3.56. The minimum absolute atomic E-state index is 0.216. The highest BCUT2D eigenvalue weighted by Crippen LogP contribution is 2.41. The molecule has 0 radical (unpaired) electrons. The van der Waals surface area contributed by atoms with Crippen LogP contribution in [0.5, 0.6) is 17.2 Å². The lowest BCUT2D eigenvalue weighted by Crippen LogP contribution is -2.54. The van der Waals surface area contributed by atoms with E-state index < -0.39 is 96.6 Å². The summed E-state index contributed by atoms with van der Waals surface area (Å²) in [6.07, 6.45) is 2.10. The third-order valence-corrected chi connectivity index (χ3v) is 11.8. The van der Waals surface area contributed by atoms with Gasteiger partial charge >= 0.3 is 0 Å². The summed E-state index contributed by atoms with van der Waals surface area (Å²) in [5.74, 6) is -7.94. The van der Waals surface area contributed by atoms with E-state index in [-0.39, 0.29) is 34.9 Å². The maximum Gasteiger partial charge on any atom is 0.265 e. The molecule has 63 heavy (non-hydrogen) atoms. The highest BCUT2D eigenvalue weighted by molar-refractivity contribution is 6.37. The molecule has 1 atom stereocenters. The zero-order valence-corrected chi connectivity index (χ0v) is 35.3. The molecule has 15 nitrogen and oxygen atoms in total. The molecule has 4 amide bonds. The number of imide groups is 2. The summed E-state index contributed by atoms with van der Waals surface area (Å²) in [4.78, 5) is 58.2. The Balaban J connectivity index is 0.919. The van der Waals surface area contributed by atoms with Crippen LogP contribution in [0, 0.1) is 28.9 Å². The molecule has 4 aliphatic heterocycles. The highest BCUT2D eigenvalue weighted by Gasteiger charge is 2.47. The van der Waals surface area contributed by atoms with Crippen molar-refractivity contribution in [2.75, 3.05) is 83.2 Å². The van der Waals surface area contributed by atoms with Gasteiger partial charge < -0.3 is 29.3 Å².